The largest absolute Gasteiger partial charge is 0.350 e. The Hall–Kier alpha value is -1.14. The van der Waals surface area contributed by atoms with E-state index in [4.69, 9.17) is 21.1 Å². The number of likely N-dealkylation sites (tertiary alicyclic amines) is 1. The van der Waals surface area contributed by atoms with E-state index in [1.807, 2.05) is 32.0 Å². The molecule has 1 aromatic rings. The predicted octanol–water partition coefficient (Wildman–Crippen LogP) is 3.06. The van der Waals surface area contributed by atoms with Gasteiger partial charge in [-0.05, 0) is 50.9 Å². The second-order valence-electron chi connectivity index (χ2n) is 6.58. The normalized spacial score (nSPS) is 24.0. The number of carbonyl (C=O) groups excluding carboxylic acids is 1. The van der Waals surface area contributed by atoms with Crippen LogP contribution in [0.4, 0.5) is 5.69 Å². The Labute approximate surface area is 148 Å². The minimum atomic E-state index is -0.201. The smallest absolute Gasteiger partial charge is 0.241 e. The van der Waals surface area contributed by atoms with Crippen LogP contribution < -0.4 is 5.32 Å². The molecule has 2 heterocycles. The van der Waals surface area contributed by atoms with Gasteiger partial charge in [0.25, 0.3) is 0 Å². The summed E-state index contributed by atoms with van der Waals surface area (Å²) in [5, 5.41) is 3.67. The Bertz CT molecular complexity index is 590. The van der Waals surface area contributed by atoms with Crippen LogP contribution in [0.1, 0.15) is 25.3 Å². The number of nitrogens with one attached hydrogen (secondary N) is 1. The molecule has 0 spiro atoms. The van der Waals surface area contributed by atoms with Gasteiger partial charge in [0.15, 0.2) is 6.29 Å². The summed E-state index contributed by atoms with van der Waals surface area (Å²) in [4.78, 5) is 14.9. The SMILES string of the molecule is Cc1c(Cl)cccc1NC(=O)[C@@H](C)N1CCC[C@H](C2OCCO2)C1. The van der Waals surface area contributed by atoms with E-state index >= 15 is 0 Å². The molecular formula is C18H25ClN2O3. The number of anilines is 1. The zero-order valence-electron chi connectivity index (χ0n) is 14.3. The van der Waals surface area contributed by atoms with E-state index in [0.717, 1.165) is 37.2 Å². The van der Waals surface area contributed by atoms with Crippen molar-refractivity contribution in [1.82, 2.24) is 4.90 Å². The molecule has 6 heteroatoms. The van der Waals surface area contributed by atoms with Gasteiger partial charge >= 0.3 is 0 Å². The maximum Gasteiger partial charge on any atom is 0.241 e. The van der Waals surface area contributed by atoms with Crippen LogP contribution in [0.3, 0.4) is 0 Å². The van der Waals surface area contributed by atoms with E-state index in [1.54, 1.807) is 0 Å². The minimum absolute atomic E-state index is 0.00530. The lowest BCUT2D eigenvalue weighted by Gasteiger charge is -2.37. The van der Waals surface area contributed by atoms with Crippen LogP contribution in [0.25, 0.3) is 0 Å². The summed E-state index contributed by atoms with van der Waals surface area (Å²) < 4.78 is 11.3. The van der Waals surface area contributed by atoms with Gasteiger partial charge in [0.05, 0.1) is 19.3 Å². The number of piperidine rings is 1. The van der Waals surface area contributed by atoms with Gasteiger partial charge in [-0.1, -0.05) is 17.7 Å². The molecule has 2 saturated heterocycles. The molecule has 2 fully saturated rings. The molecule has 0 aliphatic carbocycles. The maximum atomic E-state index is 12.6. The molecule has 2 aliphatic rings. The number of hydrogen-bond donors (Lipinski definition) is 1. The molecule has 1 N–H and O–H groups in total. The van der Waals surface area contributed by atoms with Crippen LogP contribution in [-0.4, -0.2) is 49.4 Å². The summed E-state index contributed by atoms with van der Waals surface area (Å²) >= 11 is 6.13. The van der Waals surface area contributed by atoms with Crippen LogP contribution in [0, 0.1) is 12.8 Å². The van der Waals surface area contributed by atoms with Crippen LogP contribution in [0.5, 0.6) is 0 Å². The molecule has 0 bridgehead atoms. The fourth-order valence-corrected chi connectivity index (χ4v) is 3.58. The van der Waals surface area contributed by atoms with E-state index in [1.165, 1.54) is 0 Å². The lowest BCUT2D eigenvalue weighted by Crippen LogP contribution is -2.49. The van der Waals surface area contributed by atoms with Crippen molar-refractivity contribution in [2.45, 2.75) is 39.0 Å². The molecule has 1 aromatic carbocycles. The lowest BCUT2D eigenvalue weighted by molar-refractivity contribution is -0.126. The van der Waals surface area contributed by atoms with Crippen molar-refractivity contribution >= 4 is 23.2 Å². The summed E-state index contributed by atoms with van der Waals surface area (Å²) in [5.74, 6) is 0.332. The van der Waals surface area contributed by atoms with Crippen LogP contribution in [0.2, 0.25) is 5.02 Å². The average molecular weight is 353 g/mol. The predicted molar refractivity (Wildman–Crippen MR) is 94.3 cm³/mol. The second kappa shape index (κ2) is 7.83. The molecular weight excluding hydrogens is 328 g/mol. The van der Waals surface area contributed by atoms with Gasteiger partial charge in [-0.3, -0.25) is 9.69 Å². The first-order valence-electron chi connectivity index (χ1n) is 8.59. The van der Waals surface area contributed by atoms with Gasteiger partial charge in [0.2, 0.25) is 5.91 Å². The van der Waals surface area contributed by atoms with Crippen LogP contribution in [-0.2, 0) is 14.3 Å². The highest BCUT2D eigenvalue weighted by Crippen LogP contribution is 2.27. The third-order valence-electron chi connectivity index (χ3n) is 4.97. The van der Waals surface area contributed by atoms with Gasteiger partial charge in [-0.25, -0.2) is 0 Å². The van der Waals surface area contributed by atoms with Crippen molar-refractivity contribution in [2.24, 2.45) is 5.92 Å². The van der Waals surface area contributed by atoms with Gasteiger partial charge in [0.1, 0.15) is 0 Å². The summed E-state index contributed by atoms with van der Waals surface area (Å²) in [6.07, 6.45) is 2.03. The molecule has 132 valence electrons. The fourth-order valence-electron chi connectivity index (χ4n) is 3.41. The minimum Gasteiger partial charge on any atom is -0.350 e. The highest BCUT2D eigenvalue weighted by Gasteiger charge is 2.34. The van der Waals surface area contributed by atoms with Crippen molar-refractivity contribution in [3.63, 3.8) is 0 Å². The summed E-state index contributed by atoms with van der Waals surface area (Å²) in [6, 6.07) is 5.35. The topological polar surface area (TPSA) is 50.8 Å². The number of hydrogen-bond acceptors (Lipinski definition) is 4. The number of amides is 1. The molecule has 5 nitrogen and oxygen atoms in total. The quantitative estimate of drug-likeness (QED) is 0.904. The third kappa shape index (κ3) is 3.91. The molecule has 2 atom stereocenters. The Morgan fingerprint density at radius 3 is 2.88 bits per heavy atom. The highest BCUT2D eigenvalue weighted by atomic mass is 35.5. The number of nitrogens with zero attached hydrogens (tertiary/aromatic N) is 1. The molecule has 24 heavy (non-hydrogen) atoms. The molecule has 1 amide bonds. The number of carbonyl (C=O) groups is 1. The van der Waals surface area contributed by atoms with Gasteiger partial charge in [-0.2, -0.15) is 0 Å². The zero-order chi connectivity index (χ0) is 17.1. The lowest BCUT2D eigenvalue weighted by atomic mass is 9.96. The fraction of sp³-hybridized carbons (Fsp3) is 0.611. The molecule has 0 unspecified atom stereocenters. The maximum absolute atomic E-state index is 12.6. The molecule has 3 rings (SSSR count). The molecule has 0 aromatic heterocycles. The van der Waals surface area contributed by atoms with E-state index in [-0.39, 0.29) is 18.2 Å². The highest BCUT2D eigenvalue weighted by molar-refractivity contribution is 6.31. The first-order valence-corrected chi connectivity index (χ1v) is 8.97. The zero-order valence-corrected chi connectivity index (χ0v) is 15.0. The van der Waals surface area contributed by atoms with E-state index in [2.05, 4.69) is 10.2 Å². The number of rotatable bonds is 4. The Balaban J connectivity index is 1.61. The Morgan fingerprint density at radius 2 is 2.12 bits per heavy atom. The van der Waals surface area contributed by atoms with Gasteiger partial charge in [-0.15, -0.1) is 0 Å². The van der Waals surface area contributed by atoms with E-state index in [9.17, 15) is 4.79 Å². The van der Waals surface area contributed by atoms with Crippen molar-refractivity contribution in [1.29, 1.82) is 0 Å². The van der Waals surface area contributed by atoms with Gasteiger partial charge in [0, 0.05) is 23.2 Å². The Kier molecular flexibility index (Phi) is 5.76. The number of benzene rings is 1. The molecule has 2 aliphatic heterocycles. The molecule has 0 saturated carbocycles. The second-order valence-corrected chi connectivity index (χ2v) is 6.99. The summed E-state index contributed by atoms with van der Waals surface area (Å²) in [6.45, 7) is 6.96. The van der Waals surface area contributed by atoms with Crippen LogP contribution >= 0.6 is 11.6 Å². The molecule has 0 radical (unpaired) electrons. The van der Waals surface area contributed by atoms with Crippen molar-refractivity contribution in [2.75, 3.05) is 31.6 Å². The first-order chi connectivity index (χ1) is 11.6. The van der Waals surface area contributed by atoms with Gasteiger partial charge < -0.3 is 14.8 Å². The average Bonchev–Trinajstić information content (AvgIpc) is 3.13. The first kappa shape index (κ1) is 17.7. The van der Waals surface area contributed by atoms with Crippen molar-refractivity contribution in [3.8, 4) is 0 Å². The standard InChI is InChI=1S/C18H25ClN2O3/c1-12-15(19)6-3-7-16(12)20-17(22)13(2)21-8-4-5-14(11-21)18-23-9-10-24-18/h3,6-7,13-14,18H,4-5,8-11H2,1-2H3,(H,20,22)/t13-,14+/m1/s1. The number of halogens is 1. The summed E-state index contributed by atoms with van der Waals surface area (Å²) in [7, 11) is 0. The number of ether oxygens (including phenoxy) is 2. The van der Waals surface area contributed by atoms with Crippen LogP contribution in [0.15, 0.2) is 18.2 Å². The monoisotopic (exact) mass is 352 g/mol. The summed E-state index contributed by atoms with van der Waals surface area (Å²) in [5.41, 5.74) is 1.67. The van der Waals surface area contributed by atoms with Crippen molar-refractivity contribution in [3.05, 3.63) is 28.8 Å². The van der Waals surface area contributed by atoms with E-state index in [0.29, 0.717) is 24.2 Å². The van der Waals surface area contributed by atoms with Crippen molar-refractivity contribution < 1.29 is 14.3 Å². The Morgan fingerprint density at radius 1 is 1.38 bits per heavy atom. The van der Waals surface area contributed by atoms with E-state index < -0.39 is 0 Å². The third-order valence-corrected chi connectivity index (χ3v) is 5.38.